The van der Waals surface area contributed by atoms with E-state index in [1.54, 1.807) is 22.6 Å². The lowest BCUT2D eigenvalue weighted by atomic mass is 10.1. The third-order valence-corrected chi connectivity index (χ3v) is 5.59. The van der Waals surface area contributed by atoms with Gasteiger partial charge in [0, 0.05) is 22.5 Å². The van der Waals surface area contributed by atoms with Crippen LogP contribution in [0.15, 0.2) is 30.5 Å². The number of pyridine rings is 1. The molecule has 1 aliphatic rings. The molecule has 1 aromatic carbocycles. The minimum Gasteiger partial charge on any atom is -0.489 e. The molecule has 4 rings (SSSR count). The van der Waals surface area contributed by atoms with Crippen molar-refractivity contribution in [3.05, 3.63) is 57.5 Å². The Hall–Kier alpha value is -1.83. The van der Waals surface area contributed by atoms with Gasteiger partial charge >= 0.3 is 0 Å². The number of hydrogen-bond donors (Lipinski definition) is 0. The molecule has 0 amide bonds. The first kappa shape index (κ1) is 18.5. The van der Waals surface area contributed by atoms with Crippen molar-refractivity contribution >= 4 is 38.7 Å². The number of fused-ring (bicyclic) bond motifs is 1. The predicted molar refractivity (Wildman–Crippen MR) is 104 cm³/mol. The van der Waals surface area contributed by atoms with E-state index in [9.17, 15) is 8.42 Å². The van der Waals surface area contributed by atoms with Crippen LogP contribution in [-0.4, -0.2) is 29.3 Å². The van der Waals surface area contributed by atoms with E-state index < -0.39 is 9.84 Å². The molecule has 2 heterocycles. The fourth-order valence-corrected chi connectivity index (χ4v) is 4.20. The largest absolute Gasteiger partial charge is 0.489 e. The Morgan fingerprint density at radius 3 is 2.48 bits per heavy atom. The van der Waals surface area contributed by atoms with Crippen molar-refractivity contribution < 1.29 is 13.2 Å². The van der Waals surface area contributed by atoms with Crippen LogP contribution in [0.1, 0.15) is 35.7 Å². The van der Waals surface area contributed by atoms with E-state index in [1.807, 2.05) is 12.3 Å². The summed E-state index contributed by atoms with van der Waals surface area (Å²) in [5, 5.41) is 9.19. The van der Waals surface area contributed by atoms with E-state index in [0.717, 1.165) is 24.0 Å². The number of sulfone groups is 1. The highest BCUT2D eigenvalue weighted by Gasteiger charge is 2.28. The molecule has 1 fully saturated rings. The molecule has 2 aromatic heterocycles. The standard InChI is InChI=1S/C18H17Cl2N3O3S/c1-27(24,25)10-18-22-21-17-4-12(16(8-23(17)18)11-2-3-11)9-26-15-6-13(19)5-14(20)7-15/h4-8,11H,2-3,9-10H2,1H3. The number of rotatable bonds is 6. The van der Waals surface area contributed by atoms with Gasteiger partial charge in [-0.2, -0.15) is 0 Å². The smallest absolute Gasteiger partial charge is 0.161 e. The fourth-order valence-electron chi connectivity index (χ4n) is 3.03. The monoisotopic (exact) mass is 425 g/mol. The molecule has 9 heteroatoms. The Balaban J connectivity index is 1.67. The summed E-state index contributed by atoms with van der Waals surface area (Å²) in [5.41, 5.74) is 2.73. The number of hydrogen-bond acceptors (Lipinski definition) is 5. The Morgan fingerprint density at radius 1 is 1.15 bits per heavy atom. The number of ether oxygens (including phenoxy) is 1. The summed E-state index contributed by atoms with van der Waals surface area (Å²) in [6.07, 6.45) is 5.33. The van der Waals surface area contributed by atoms with E-state index in [1.165, 1.54) is 6.26 Å². The third kappa shape index (κ3) is 4.36. The zero-order chi connectivity index (χ0) is 19.2. The van der Waals surface area contributed by atoms with Gasteiger partial charge in [0.1, 0.15) is 18.1 Å². The van der Waals surface area contributed by atoms with Gasteiger partial charge in [0.15, 0.2) is 21.3 Å². The summed E-state index contributed by atoms with van der Waals surface area (Å²) in [5.74, 6) is 1.32. The lowest BCUT2D eigenvalue weighted by molar-refractivity contribution is 0.305. The van der Waals surface area contributed by atoms with Crippen LogP contribution in [0.3, 0.4) is 0 Å². The van der Waals surface area contributed by atoms with Gasteiger partial charge in [-0.3, -0.25) is 4.40 Å². The topological polar surface area (TPSA) is 73.6 Å². The minimum atomic E-state index is -3.19. The maximum absolute atomic E-state index is 11.6. The van der Waals surface area contributed by atoms with Crippen LogP contribution in [0.25, 0.3) is 5.65 Å². The van der Waals surface area contributed by atoms with E-state index in [4.69, 9.17) is 27.9 Å². The van der Waals surface area contributed by atoms with Crippen molar-refractivity contribution in [3.8, 4) is 5.75 Å². The van der Waals surface area contributed by atoms with Crippen LogP contribution in [0.5, 0.6) is 5.75 Å². The molecule has 3 aromatic rings. The van der Waals surface area contributed by atoms with E-state index in [-0.39, 0.29) is 5.75 Å². The van der Waals surface area contributed by atoms with E-state index >= 15 is 0 Å². The molecule has 0 atom stereocenters. The molecule has 0 N–H and O–H groups in total. The van der Waals surface area contributed by atoms with Crippen LogP contribution in [0, 0.1) is 0 Å². The zero-order valence-electron chi connectivity index (χ0n) is 14.5. The maximum Gasteiger partial charge on any atom is 0.161 e. The van der Waals surface area contributed by atoms with Crippen LogP contribution < -0.4 is 4.74 Å². The van der Waals surface area contributed by atoms with Gasteiger partial charge < -0.3 is 4.74 Å². The normalized spacial score (nSPS) is 14.6. The highest BCUT2D eigenvalue weighted by Crippen LogP contribution is 2.42. The summed E-state index contributed by atoms with van der Waals surface area (Å²) in [7, 11) is -3.19. The van der Waals surface area contributed by atoms with Crippen molar-refractivity contribution in [2.45, 2.75) is 31.1 Å². The molecule has 1 aliphatic carbocycles. The quantitative estimate of drug-likeness (QED) is 0.595. The van der Waals surface area contributed by atoms with Crippen molar-refractivity contribution in [2.24, 2.45) is 0 Å². The molecule has 0 bridgehead atoms. The van der Waals surface area contributed by atoms with Gasteiger partial charge in [-0.15, -0.1) is 10.2 Å². The minimum absolute atomic E-state index is 0.144. The summed E-state index contributed by atoms with van der Waals surface area (Å²) in [4.78, 5) is 0. The van der Waals surface area contributed by atoms with Gasteiger partial charge in [0.05, 0.1) is 0 Å². The molecule has 142 valence electrons. The average molecular weight is 426 g/mol. The van der Waals surface area contributed by atoms with Crippen molar-refractivity contribution in [1.29, 1.82) is 0 Å². The Kier molecular flexibility index (Phi) is 4.78. The molecule has 6 nitrogen and oxygen atoms in total. The second-order valence-corrected chi connectivity index (χ2v) is 9.85. The van der Waals surface area contributed by atoms with Gasteiger partial charge in [-0.05, 0) is 54.2 Å². The molecule has 0 radical (unpaired) electrons. The molecule has 0 spiro atoms. The molecule has 0 saturated heterocycles. The number of aromatic nitrogens is 3. The number of halogens is 2. The first-order valence-electron chi connectivity index (χ1n) is 8.41. The molecular formula is C18H17Cl2N3O3S. The highest BCUT2D eigenvalue weighted by atomic mass is 35.5. The second kappa shape index (κ2) is 6.96. The zero-order valence-corrected chi connectivity index (χ0v) is 16.9. The lowest BCUT2D eigenvalue weighted by Gasteiger charge is -2.12. The third-order valence-electron chi connectivity index (χ3n) is 4.37. The van der Waals surface area contributed by atoms with Crippen molar-refractivity contribution in [1.82, 2.24) is 14.6 Å². The Labute approximate surface area is 167 Å². The van der Waals surface area contributed by atoms with Gasteiger partial charge in [-0.1, -0.05) is 23.2 Å². The summed E-state index contributed by atoms with van der Waals surface area (Å²) in [6, 6.07) is 6.98. The summed E-state index contributed by atoms with van der Waals surface area (Å²) >= 11 is 12.0. The van der Waals surface area contributed by atoms with Crippen molar-refractivity contribution in [3.63, 3.8) is 0 Å². The maximum atomic E-state index is 11.6. The van der Waals surface area contributed by atoms with Crippen LogP contribution in [0.2, 0.25) is 10.0 Å². The summed E-state index contributed by atoms with van der Waals surface area (Å²) < 4.78 is 30.9. The molecular weight excluding hydrogens is 409 g/mol. The Bertz CT molecular complexity index is 1100. The first-order chi connectivity index (χ1) is 12.8. The second-order valence-electron chi connectivity index (χ2n) is 6.84. The van der Waals surface area contributed by atoms with Crippen LogP contribution >= 0.6 is 23.2 Å². The molecule has 1 saturated carbocycles. The van der Waals surface area contributed by atoms with E-state index in [2.05, 4.69) is 10.2 Å². The number of nitrogens with zero attached hydrogens (tertiary/aromatic N) is 3. The fraction of sp³-hybridized carbons (Fsp3) is 0.333. The van der Waals surface area contributed by atoms with Crippen LogP contribution in [-0.2, 0) is 22.2 Å². The van der Waals surface area contributed by atoms with E-state index in [0.29, 0.717) is 39.8 Å². The number of benzene rings is 1. The first-order valence-corrected chi connectivity index (χ1v) is 11.2. The highest BCUT2D eigenvalue weighted by molar-refractivity contribution is 7.89. The lowest BCUT2D eigenvalue weighted by Crippen LogP contribution is -2.07. The average Bonchev–Trinajstić information content (AvgIpc) is 3.34. The SMILES string of the molecule is CS(=O)(=O)Cc1nnc2cc(COc3cc(Cl)cc(Cl)c3)c(C3CC3)cn12. The molecule has 0 unspecified atom stereocenters. The van der Waals surface area contributed by atoms with Crippen molar-refractivity contribution in [2.75, 3.05) is 6.26 Å². The summed E-state index contributed by atoms with van der Waals surface area (Å²) in [6.45, 7) is 0.341. The van der Waals surface area contributed by atoms with Crippen LogP contribution in [0.4, 0.5) is 0 Å². The van der Waals surface area contributed by atoms with Gasteiger partial charge in [0.25, 0.3) is 0 Å². The molecule has 0 aliphatic heterocycles. The Morgan fingerprint density at radius 2 is 1.85 bits per heavy atom. The van der Waals surface area contributed by atoms with Gasteiger partial charge in [-0.25, -0.2) is 8.42 Å². The molecule has 27 heavy (non-hydrogen) atoms. The predicted octanol–water partition coefficient (Wildman–Crippen LogP) is 4.04. The van der Waals surface area contributed by atoms with Gasteiger partial charge in [0.2, 0.25) is 0 Å².